The van der Waals surface area contributed by atoms with Crippen LogP contribution in [-0.2, 0) is 4.74 Å². The number of carbonyl (C=O) groups is 2. The van der Waals surface area contributed by atoms with Gasteiger partial charge in [-0.2, -0.15) is 5.26 Å². The van der Waals surface area contributed by atoms with Gasteiger partial charge in [0.05, 0.1) is 36.3 Å². The van der Waals surface area contributed by atoms with Gasteiger partial charge in [-0.3, -0.25) is 14.5 Å². The summed E-state index contributed by atoms with van der Waals surface area (Å²) in [6, 6.07) is 12.2. The van der Waals surface area contributed by atoms with E-state index in [1.807, 2.05) is 0 Å². The number of benzene rings is 1. The molecule has 0 fully saturated rings. The van der Waals surface area contributed by atoms with Crippen molar-refractivity contribution in [3.8, 4) is 17.3 Å². The highest BCUT2D eigenvalue weighted by atomic mass is 16.5. The van der Waals surface area contributed by atoms with Crippen LogP contribution in [0, 0.1) is 18.3 Å². The Labute approximate surface area is 189 Å². The molecule has 164 valence electrons. The van der Waals surface area contributed by atoms with E-state index in [0.29, 0.717) is 34.1 Å². The maximum atomic E-state index is 13.1. The van der Waals surface area contributed by atoms with Crippen molar-refractivity contribution in [1.29, 1.82) is 5.26 Å². The minimum Gasteiger partial charge on any atom is -0.453 e. The summed E-state index contributed by atoms with van der Waals surface area (Å²) in [4.78, 5) is 39.1. The first-order chi connectivity index (χ1) is 15.9. The Morgan fingerprint density at radius 2 is 1.88 bits per heavy atom. The van der Waals surface area contributed by atoms with Crippen LogP contribution >= 0.6 is 0 Å². The lowest BCUT2D eigenvalue weighted by molar-refractivity contribution is 0.0987. The lowest BCUT2D eigenvalue weighted by Crippen LogP contribution is -2.27. The molecule has 0 saturated heterocycles. The van der Waals surface area contributed by atoms with Crippen LogP contribution in [0.1, 0.15) is 21.7 Å². The van der Waals surface area contributed by atoms with Crippen molar-refractivity contribution >= 4 is 29.2 Å². The van der Waals surface area contributed by atoms with Crippen molar-refractivity contribution in [2.24, 2.45) is 0 Å². The first kappa shape index (κ1) is 21.5. The second kappa shape index (κ2) is 8.76. The number of hydrogen-bond donors (Lipinski definition) is 1. The third kappa shape index (κ3) is 4.20. The van der Waals surface area contributed by atoms with E-state index in [2.05, 4.69) is 31.1 Å². The zero-order valence-corrected chi connectivity index (χ0v) is 18.1. The van der Waals surface area contributed by atoms with Crippen LogP contribution in [0.3, 0.4) is 0 Å². The van der Waals surface area contributed by atoms with E-state index in [9.17, 15) is 9.59 Å². The third-order valence-corrected chi connectivity index (χ3v) is 5.04. The molecule has 0 unspecified atom stereocenters. The number of methoxy groups -OCH3 is 1. The first-order valence-electron chi connectivity index (χ1n) is 9.85. The van der Waals surface area contributed by atoms with Crippen molar-refractivity contribution in [3.63, 3.8) is 0 Å². The van der Waals surface area contributed by atoms with Gasteiger partial charge >= 0.3 is 6.09 Å². The maximum absolute atomic E-state index is 13.1. The SMILES string of the molecule is COC(=O)Nc1ccc(-c2cnc3c(C)nc(C(=O)N(C)c4ccc(C#N)cc4)cn23)cn1. The molecule has 2 amide bonds. The number of nitrogens with zero attached hydrogens (tertiary/aromatic N) is 6. The summed E-state index contributed by atoms with van der Waals surface area (Å²) >= 11 is 0. The highest BCUT2D eigenvalue weighted by molar-refractivity contribution is 6.04. The van der Waals surface area contributed by atoms with Crippen LogP contribution in [0.5, 0.6) is 0 Å². The van der Waals surface area contributed by atoms with Gasteiger partial charge in [0.15, 0.2) is 5.65 Å². The Kier molecular flexibility index (Phi) is 5.69. The number of anilines is 2. The third-order valence-electron chi connectivity index (χ3n) is 5.04. The van der Waals surface area contributed by atoms with E-state index in [1.54, 1.807) is 73.4 Å². The minimum atomic E-state index is -0.610. The Morgan fingerprint density at radius 3 is 2.52 bits per heavy atom. The number of aryl methyl sites for hydroxylation is 1. The average Bonchev–Trinajstić information content (AvgIpc) is 3.28. The summed E-state index contributed by atoms with van der Waals surface area (Å²) in [6.45, 7) is 1.78. The topological polar surface area (TPSA) is 126 Å². The molecule has 3 heterocycles. The molecule has 0 aliphatic heterocycles. The number of carbonyl (C=O) groups excluding carboxylic acids is 2. The summed E-state index contributed by atoms with van der Waals surface area (Å²) in [5.41, 5.74) is 4.05. The van der Waals surface area contributed by atoms with Crippen molar-refractivity contribution in [3.05, 3.63) is 71.9 Å². The monoisotopic (exact) mass is 441 g/mol. The summed E-state index contributed by atoms with van der Waals surface area (Å²) in [5.74, 6) is 0.0392. The molecule has 0 spiro atoms. The molecule has 0 saturated carbocycles. The number of nitrogens with one attached hydrogen (secondary N) is 1. The molecule has 0 aliphatic carbocycles. The number of imidazole rings is 1. The molecule has 33 heavy (non-hydrogen) atoms. The van der Waals surface area contributed by atoms with Crippen LogP contribution in [0.25, 0.3) is 16.9 Å². The molecule has 1 aromatic carbocycles. The normalized spacial score (nSPS) is 10.5. The van der Waals surface area contributed by atoms with Crippen LogP contribution in [0.4, 0.5) is 16.3 Å². The number of aromatic nitrogens is 4. The summed E-state index contributed by atoms with van der Waals surface area (Å²) in [6.07, 6.45) is 4.29. The highest BCUT2D eigenvalue weighted by Gasteiger charge is 2.19. The number of fused-ring (bicyclic) bond motifs is 1. The number of hydrogen-bond acceptors (Lipinski definition) is 7. The number of amides is 2. The van der Waals surface area contributed by atoms with E-state index >= 15 is 0 Å². The van der Waals surface area contributed by atoms with E-state index in [4.69, 9.17) is 5.26 Å². The number of nitriles is 1. The number of ether oxygens (including phenoxy) is 1. The second-order valence-electron chi connectivity index (χ2n) is 7.12. The molecule has 1 N–H and O–H groups in total. The van der Waals surface area contributed by atoms with Gasteiger partial charge in [-0.25, -0.2) is 19.7 Å². The van der Waals surface area contributed by atoms with Crippen LogP contribution < -0.4 is 10.2 Å². The summed E-state index contributed by atoms with van der Waals surface area (Å²) in [5, 5.41) is 11.5. The van der Waals surface area contributed by atoms with Gasteiger partial charge in [-0.15, -0.1) is 0 Å². The predicted octanol–water partition coefficient (Wildman–Crippen LogP) is 3.43. The van der Waals surface area contributed by atoms with E-state index in [-0.39, 0.29) is 11.6 Å². The van der Waals surface area contributed by atoms with Gasteiger partial charge in [-0.1, -0.05) is 0 Å². The Morgan fingerprint density at radius 1 is 1.12 bits per heavy atom. The average molecular weight is 441 g/mol. The molecule has 0 aliphatic rings. The quantitative estimate of drug-likeness (QED) is 0.514. The second-order valence-corrected chi connectivity index (χ2v) is 7.12. The largest absolute Gasteiger partial charge is 0.453 e. The molecule has 10 nitrogen and oxygen atoms in total. The smallest absolute Gasteiger partial charge is 0.412 e. The number of pyridine rings is 1. The van der Waals surface area contributed by atoms with Gasteiger partial charge in [0.2, 0.25) is 0 Å². The van der Waals surface area contributed by atoms with Crippen molar-refractivity contribution in [2.45, 2.75) is 6.92 Å². The standard InChI is InChI=1S/C23H19N7O3/c1-14-21-26-12-19(16-6-9-20(25-11-16)28-23(32)33-3)30(21)13-18(27-14)22(31)29(2)17-7-4-15(10-24)5-8-17/h4-9,11-13H,1-3H3,(H,25,28,32). The van der Waals surface area contributed by atoms with E-state index < -0.39 is 6.09 Å². The van der Waals surface area contributed by atoms with Crippen molar-refractivity contribution in [2.75, 3.05) is 24.4 Å². The molecule has 0 radical (unpaired) electrons. The first-order valence-corrected chi connectivity index (χ1v) is 9.85. The fraction of sp³-hybridized carbons (Fsp3) is 0.130. The zero-order chi connectivity index (χ0) is 23.5. The van der Waals surface area contributed by atoms with Gasteiger partial charge in [0.1, 0.15) is 11.5 Å². The number of rotatable bonds is 4. The molecule has 4 aromatic rings. The summed E-state index contributed by atoms with van der Waals surface area (Å²) in [7, 11) is 2.92. The highest BCUT2D eigenvalue weighted by Crippen LogP contribution is 2.24. The van der Waals surface area contributed by atoms with Crippen LogP contribution in [-0.4, -0.2) is 45.5 Å². The molecule has 0 atom stereocenters. The Hall–Kier alpha value is -4.78. The molecule has 0 bridgehead atoms. The van der Waals surface area contributed by atoms with Gasteiger partial charge in [0, 0.05) is 30.7 Å². The van der Waals surface area contributed by atoms with Crippen LogP contribution in [0.2, 0.25) is 0 Å². The molecule has 4 rings (SSSR count). The Balaban J connectivity index is 1.68. The van der Waals surface area contributed by atoms with E-state index in [1.165, 1.54) is 12.0 Å². The van der Waals surface area contributed by atoms with Crippen LogP contribution in [0.15, 0.2) is 55.0 Å². The maximum Gasteiger partial charge on any atom is 0.412 e. The molecular formula is C23H19N7O3. The van der Waals surface area contributed by atoms with Crippen molar-refractivity contribution < 1.29 is 14.3 Å². The lowest BCUT2D eigenvalue weighted by atomic mass is 10.2. The van der Waals surface area contributed by atoms with Gasteiger partial charge in [0.25, 0.3) is 5.91 Å². The minimum absolute atomic E-state index is 0.239. The molecule has 10 heteroatoms. The van der Waals surface area contributed by atoms with Gasteiger partial charge in [-0.05, 0) is 43.3 Å². The van der Waals surface area contributed by atoms with Crippen molar-refractivity contribution in [1.82, 2.24) is 19.4 Å². The van der Waals surface area contributed by atoms with E-state index in [0.717, 1.165) is 5.56 Å². The fourth-order valence-electron chi connectivity index (χ4n) is 3.28. The summed E-state index contributed by atoms with van der Waals surface area (Å²) < 4.78 is 6.35. The lowest BCUT2D eigenvalue weighted by Gasteiger charge is -2.17. The Bertz CT molecular complexity index is 1390. The molecular weight excluding hydrogens is 422 g/mol. The zero-order valence-electron chi connectivity index (χ0n) is 18.1. The molecule has 3 aromatic heterocycles. The fourth-order valence-corrected chi connectivity index (χ4v) is 3.28. The predicted molar refractivity (Wildman–Crippen MR) is 121 cm³/mol. The van der Waals surface area contributed by atoms with Gasteiger partial charge < -0.3 is 9.64 Å².